The number of nitrogens with one attached hydrogen (secondary N) is 1. The normalized spacial score (nSPS) is 13.9. The molecule has 5 nitrogen and oxygen atoms in total. The maximum atomic E-state index is 12.5. The van der Waals surface area contributed by atoms with Gasteiger partial charge in [-0.25, -0.2) is 8.42 Å². The number of aryl methyl sites for hydroxylation is 1. The first-order chi connectivity index (χ1) is 8.93. The zero-order valence-electron chi connectivity index (χ0n) is 11.1. The van der Waals surface area contributed by atoms with Gasteiger partial charge in [-0.15, -0.1) is 11.3 Å². The number of aromatic amines is 1. The van der Waals surface area contributed by atoms with Gasteiger partial charge in [0.1, 0.15) is 4.90 Å². The molecular formula is C12H17N3O2S2. The second-order valence-corrected chi connectivity index (χ2v) is 7.51. The van der Waals surface area contributed by atoms with Gasteiger partial charge in [0.15, 0.2) is 0 Å². The van der Waals surface area contributed by atoms with E-state index in [0.29, 0.717) is 12.1 Å². The Kier molecular flexibility index (Phi) is 4.07. The average molecular weight is 299 g/mol. The van der Waals surface area contributed by atoms with Gasteiger partial charge in [-0.05, 0) is 31.7 Å². The summed E-state index contributed by atoms with van der Waals surface area (Å²) in [5.74, 6) is 0. The van der Waals surface area contributed by atoms with E-state index in [9.17, 15) is 8.42 Å². The van der Waals surface area contributed by atoms with Gasteiger partial charge in [0.05, 0.1) is 11.9 Å². The van der Waals surface area contributed by atoms with Crippen LogP contribution in [-0.2, 0) is 16.4 Å². The molecule has 2 aromatic rings. The molecule has 2 rings (SSSR count). The number of aromatic nitrogens is 2. The molecule has 0 fully saturated rings. The molecule has 7 heteroatoms. The van der Waals surface area contributed by atoms with Crippen LogP contribution >= 0.6 is 11.3 Å². The summed E-state index contributed by atoms with van der Waals surface area (Å²) in [7, 11) is -1.87. The first kappa shape index (κ1) is 14.2. The van der Waals surface area contributed by atoms with Gasteiger partial charge >= 0.3 is 0 Å². The van der Waals surface area contributed by atoms with Crippen molar-refractivity contribution in [1.82, 2.24) is 14.5 Å². The van der Waals surface area contributed by atoms with Crippen molar-refractivity contribution in [1.29, 1.82) is 0 Å². The third-order valence-electron chi connectivity index (χ3n) is 3.14. The summed E-state index contributed by atoms with van der Waals surface area (Å²) in [6.45, 7) is 3.62. The molecule has 0 saturated carbocycles. The predicted octanol–water partition coefficient (Wildman–Crippen LogP) is 2.03. The fourth-order valence-electron chi connectivity index (χ4n) is 1.84. The molecule has 2 heterocycles. The topological polar surface area (TPSA) is 66.1 Å². The van der Waals surface area contributed by atoms with E-state index in [1.54, 1.807) is 25.3 Å². The van der Waals surface area contributed by atoms with Gasteiger partial charge in [0, 0.05) is 18.0 Å². The van der Waals surface area contributed by atoms with E-state index in [4.69, 9.17) is 0 Å². The van der Waals surface area contributed by atoms with Crippen molar-refractivity contribution in [3.8, 4) is 0 Å². The number of nitrogens with zero attached hydrogens (tertiary/aromatic N) is 2. The van der Waals surface area contributed by atoms with Crippen LogP contribution in [-0.4, -0.2) is 36.0 Å². The van der Waals surface area contributed by atoms with Crippen LogP contribution in [0.3, 0.4) is 0 Å². The van der Waals surface area contributed by atoms with Gasteiger partial charge in [-0.1, -0.05) is 6.07 Å². The summed E-state index contributed by atoms with van der Waals surface area (Å²) >= 11 is 1.64. The minimum absolute atomic E-state index is 0.0991. The number of rotatable bonds is 5. The lowest BCUT2D eigenvalue weighted by Crippen LogP contribution is -2.36. The Balaban J connectivity index is 2.19. The highest BCUT2D eigenvalue weighted by molar-refractivity contribution is 7.89. The molecule has 0 saturated heterocycles. The summed E-state index contributed by atoms with van der Waals surface area (Å²) in [5, 5.41) is 8.43. The summed E-state index contributed by atoms with van der Waals surface area (Å²) in [6, 6.07) is 3.89. The monoisotopic (exact) mass is 299 g/mol. The molecule has 2 aromatic heterocycles. The quantitative estimate of drug-likeness (QED) is 0.918. The molecule has 0 amide bonds. The van der Waals surface area contributed by atoms with Crippen LogP contribution in [0, 0.1) is 6.92 Å². The van der Waals surface area contributed by atoms with Gasteiger partial charge < -0.3 is 0 Å². The molecule has 0 aliphatic heterocycles. The summed E-state index contributed by atoms with van der Waals surface area (Å²) in [6.07, 6.45) is 2.07. The highest BCUT2D eigenvalue weighted by Crippen LogP contribution is 2.21. The number of likely N-dealkylation sites (N-methyl/N-ethyl adjacent to an activating group) is 1. The van der Waals surface area contributed by atoms with E-state index < -0.39 is 10.0 Å². The average Bonchev–Trinajstić information content (AvgIpc) is 2.99. The lowest BCUT2D eigenvalue weighted by atomic mass is 10.2. The minimum atomic E-state index is -3.48. The van der Waals surface area contributed by atoms with Crippen LogP contribution in [0.2, 0.25) is 0 Å². The molecule has 19 heavy (non-hydrogen) atoms. The number of H-pyrrole nitrogens is 1. The Hall–Kier alpha value is -1.18. The maximum absolute atomic E-state index is 12.5. The number of sulfonamides is 1. The SMILES string of the molecule is Cc1[nH]ncc1S(=O)(=O)N(C)C(C)Cc1cccs1. The lowest BCUT2D eigenvalue weighted by Gasteiger charge is -2.23. The predicted molar refractivity (Wildman–Crippen MR) is 75.8 cm³/mol. The van der Waals surface area contributed by atoms with E-state index >= 15 is 0 Å². The van der Waals surface area contributed by atoms with Gasteiger partial charge in [0.25, 0.3) is 0 Å². The number of hydrogen-bond acceptors (Lipinski definition) is 4. The molecule has 0 aliphatic rings. The number of hydrogen-bond donors (Lipinski definition) is 1. The van der Waals surface area contributed by atoms with Crippen LogP contribution in [0.4, 0.5) is 0 Å². The van der Waals surface area contributed by atoms with E-state index in [0.717, 1.165) is 0 Å². The van der Waals surface area contributed by atoms with Crippen LogP contribution in [0.25, 0.3) is 0 Å². The van der Waals surface area contributed by atoms with E-state index in [1.165, 1.54) is 15.4 Å². The summed E-state index contributed by atoms with van der Waals surface area (Å²) < 4.78 is 26.3. The maximum Gasteiger partial charge on any atom is 0.246 e. The fraction of sp³-hybridized carbons (Fsp3) is 0.417. The Bertz CT molecular complexity index is 632. The van der Waals surface area contributed by atoms with Crippen LogP contribution in [0.5, 0.6) is 0 Å². The number of thiophene rings is 1. The molecule has 0 aliphatic carbocycles. The van der Waals surface area contributed by atoms with Gasteiger partial charge in [-0.3, -0.25) is 5.10 Å². The van der Waals surface area contributed by atoms with Crippen LogP contribution in [0.1, 0.15) is 17.5 Å². The van der Waals surface area contributed by atoms with Crippen molar-refractivity contribution < 1.29 is 8.42 Å². The van der Waals surface area contributed by atoms with Crippen molar-refractivity contribution in [2.75, 3.05) is 7.05 Å². The molecule has 1 atom stereocenters. The first-order valence-electron chi connectivity index (χ1n) is 5.93. The lowest BCUT2D eigenvalue weighted by molar-refractivity contribution is 0.388. The highest BCUT2D eigenvalue weighted by atomic mass is 32.2. The highest BCUT2D eigenvalue weighted by Gasteiger charge is 2.28. The van der Waals surface area contributed by atoms with E-state index in [-0.39, 0.29) is 10.9 Å². The third kappa shape index (κ3) is 2.88. The van der Waals surface area contributed by atoms with Crippen molar-refractivity contribution in [2.24, 2.45) is 0 Å². The first-order valence-corrected chi connectivity index (χ1v) is 8.25. The standard InChI is InChI=1S/C12H17N3O2S2/c1-9(7-11-5-4-6-18-11)15(3)19(16,17)12-8-13-14-10(12)2/h4-6,8-9H,7H2,1-3H3,(H,13,14). The van der Waals surface area contributed by atoms with E-state index in [2.05, 4.69) is 10.2 Å². The summed E-state index contributed by atoms with van der Waals surface area (Å²) in [5.41, 5.74) is 0.565. The zero-order chi connectivity index (χ0) is 14.0. The van der Waals surface area contributed by atoms with Crippen molar-refractivity contribution in [2.45, 2.75) is 31.2 Å². The Morgan fingerprint density at radius 1 is 1.53 bits per heavy atom. The molecule has 1 unspecified atom stereocenters. The summed E-state index contributed by atoms with van der Waals surface area (Å²) in [4.78, 5) is 1.42. The fourth-order valence-corrected chi connectivity index (χ4v) is 4.14. The van der Waals surface area contributed by atoms with Crippen molar-refractivity contribution in [3.05, 3.63) is 34.3 Å². The molecule has 1 N–H and O–H groups in total. The van der Waals surface area contributed by atoms with E-state index in [1.807, 2.05) is 24.4 Å². The smallest absolute Gasteiger partial charge is 0.246 e. The van der Waals surface area contributed by atoms with Gasteiger partial charge in [0.2, 0.25) is 10.0 Å². The zero-order valence-corrected chi connectivity index (χ0v) is 12.8. The second kappa shape index (κ2) is 5.44. The Morgan fingerprint density at radius 3 is 2.79 bits per heavy atom. The molecule has 104 valence electrons. The third-order valence-corrected chi connectivity index (χ3v) is 6.12. The largest absolute Gasteiger partial charge is 0.281 e. The van der Waals surface area contributed by atoms with Crippen LogP contribution < -0.4 is 0 Å². The van der Waals surface area contributed by atoms with Crippen molar-refractivity contribution in [3.63, 3.8) is 0 Å². The minimum Gasteiger partial charge on any atom is -0.281 e. The molecule has 0 spiro atoms. The molecule has 0 bridgehead atoms. The second-order valence-electron chi connectivity index (χ2n) is 4.51. The Morgan fingerprint density at radius 2 is 2.26 bits per heavy atom. The molecular weight excluding hydrogens is 282 g/mol. The van der Waals surface area contributed by atoms with Gasteiger partial charge in [-0.2, -0.15) is 9.40 Å². The van der Waals surface area contributed by atoms with Crippen molar-refractivity contribution >= 4 is 21.4 Å². The molecule has 0 radical (unpaired) electrons. The molecule has 0 aromatic carbocycles. The Labute approximate surface area is 117 Å². The van der Waals surface area contributed by atoms with Crippen LogP contribution in [0.15, 0.2) is 28.6 Å².